The maximum atomic E-state index is 13.5. The van der Waals surface area contributed by atoms with E-state index in [0.717, 1.165) is 12.1 Å². The number of hydrogen-bond acceptors (Lipinski definition) is 1. The molecule has 1 aromatic carbocycles. The largest absolute Gasteiger partial charge is 0.389 e. The summed E-state index contributed by atoms with van der Waals surface area (Å²) < 4.78 is 63.1. The van der Waals surface area contributed by atoms with Crippen LogP contribution in [-0.4, -0.2) is 12.2 Å². The maximum absolute atomic E-state index is 13.5. The molecule has 1 rings (SSSR count). The monoisotopic (exact) mass is 345 g/mol. The summed E-state index contributed by atoms with van der Waals surface area (Å²) in [6.07, 6.45) is -5.01. The standard InChI is InChI=1S/C12H13BrF5N/c1-7(3-2-4-12(16,17)18)19-11-9(14)5-8(13)6-10(11)15/h5-7,19H,2-4H2,1H3. The van der Waals surface area contributed by atoms with Crippen molar-refractivity contribution in [3.8, 4) is 0 Å². The third-order valence-corrected chi connectivity index (χ3v) is 2.95. The second-order valence-corrected chi connectivity index (χ2v) is 5.21. The van der Waals surface area contributed by atoms with Crippen LogP contribution in [0.5, 0.6) is 0 Å². The number of hydrogen-bond donors (Lipinski definition) is 1. The summed E-state index contributed by atoms with van der Waals surface area (Å²) >= 11 is 2.94. The highest BCUT2D eigenvalue weighted by Gasteiger charge is 2.26. The minimum Gasteiger partial charge on any atom is -0.378 e. The van der Waals surface area contributed by atoms with Gasteiger partial charge in [0.15, 0.2) is 0 Å². The van der Waals surface area contributed by atoms with E-state index >= 15 is 0 Å². The van der Waals surface area contributed by atoms with Gasteiger partial charge in [0.05, 0.1) is 0 Å². The zero-order valence-electron chi connectivity index (χ0n) is 10.1. The van der Waals surface area contributed by atoms with Crippen molar-refractivity contribution in [2.24, 2.45) is 0 Å². The van der Waals surface area contributed by atoms with Crippen molar-refractivity contribution < 1.29 is 22.0 Å². The SMILES string of the molecule is CC(CCCC(F)(F)F)Nc1c(F)cc(Br)cc1F. The number of anilines is 1. The number of alkyl halides is 3. The van der Waals surface area contributed by atoms with Crippen LogP contribution in [0.15, 0.2) is 16.6 Å². The molecule has 0 saturated heterocycles. The van der Waals surface area contributed by atoms with Gasteiger partial charge in [-0.2, -0.15) is 13.2 Å². The third kappa shape index (κ3) is 5.76. The van der Waals surface area contributed by atoms with Gasteiger partial charge in [-0.1, -0.05) is 15.9 Å². The molecule has 0 saturated carbocycles. The zero-order chi connectivity index (χ0) is 14.6. The molecule has 0 aliphatic rings. The molecule has 1 atom stereocenters. The molecule has 1 aromatic rings. The van der Waals surface area contributed by atoms with E-state index in [-0.39, 0.29) is 23.0 Å². The maximum Gasteiger partial charge on any atom is 0.389 e. The molecular weight excluding hydrogens is 333 g/mol. The van der Waals surface area contributed by atoms with Crippen molar-refractivity contribution in [1.29, 1.82) is 0 Å². The van der Waals surface area contributed by atoms with Gasteiger partial charge in [0.1, 0.15) is 17.3 Å². The van der Waals surface area contributed by atoms with Gasteiger partial charge in [0.2, 0.25) is 0 Å². The molecular formula is C12H13BrF5N. The first-order valence-electron chi connectivity index (χ1n) is 5.67. The average Bonchev–Trinajstić information content (AvgIpc) is 2.21. The van der Waals surface area contributed by atoms with Crippen LogP contribution in [0.3, 0.4) is 0 Å². The Bertz CT molecular complexity index is 410. The minimum atomic E-state index is -4.20. The quantitative estimate of drug-likeness (QED) is 0.717. The molecule has 0 fully saturated rings. The molecule has 0 spiro atoms. The van der Waals surface area contributed by atoms with E-state index in [0.29, 0.717) is 0 Å². The molecule has 0 aliphatic heterocycles. The number of halogens is 6. The van der Waals surface area contributed by atoms with E-state index in [1.54, 1.807) is 6.92 Å². The van der Waals surface area contributed by atoms with Crippen LogP contribution in [0, 0.1) is 11.6 Å². The van der Waals surface area contributed by atoms with Crippen molar-refractivity contribution in [3.63, 3.8) is 0 Å². The van der Waals surface area contributed by atoms with E-state index in [4.69, 9.17) is 0 Å². The van der Waals surface area contributed by atoms with Crippen molar-refractivity contribution >= 4 is 21.6 Å². The Hall–Kier alpha value is -0.850. The van der Waals surface area contributed by atoms with Gasteiger partial charge in [-0.25, -0.2) is 8.78 Å². The summed E-state index contributed by atoms with van der Waals surface area (Å²) in [6, 6.07) is 1.73. The normalized spacial score (nSPS) is 13.4. The fourth-order valence-electron chi connectivity index (χ4n) is 1.61. The Kier molecular flexibility index (Phi) is 5.58. The van der Waals surface area contributed by atoms with Gasteiger partial charge in [0, 0.05) is 16.9 Å². The molecule has 1 unspecified atom stereocenters. The van der Waals surface area contributed by atoms with E-state index in [2.05, 4.69) is 21.2 Å². The summed E-state index contributed by atoms with van der Waals surface area (Å²) in [7, 11) is 0. The molecule has 0 heterocycles. The third-order valence-electron chi connectivity index (χ3n) is 2.50. The van der Waals surface area contributed by atoms with Crippen LogP contribution in [0.2, 0.25) is 0 Å². The fourth-order valence-corrected chi connectivity index (χ4v) is 2.01. The van der Waals surface area contributed by atoms with Crippen LogP contribution < -0.4 is 5.32 Å². The van der Waals surface area contributed by atoms with Crippen LogP contribution in [0.25, 0.3) is 0 Å². The lowest BCUT2D eigenvalue weighted by Gasteiger charge is -2.17. The highest BCUT2D eigenvalue weighted by molar-refractivity contribution is 9.10. The second kappa shape index (κ2) is 6.54. The first-order chi connectivity index (χ1) is 8.69. The Morgan fingerprint density at radius 2 is 1.74 bits per heavy atom. The average molecular weight is 346 g/mol. The Labute approximate surface area is 116 Å². The van der Waals surface area contributed by atoms with Crippen molar-refractivity contribution in [2.45, 2.75) is 38.4 Å². The van der Waals surface area contributed by atoms with Gasteiger partial charge < -0.3 is 5.32 Å². The summed E-state index contributed by atoms with van der Waals surface area (Å²) in [5.74, 6) is -1.57. The number of nitrogens with one attached hydrogen (secondary N) is 1. The molecule has 0 amide bonds. The number of rotatable bonds is 5. The van der Waals surface area contributed by atoms with Gasteiger partial charge in [-0.3, -0.25) is 0 Å². The molecule has 0 aliphatic carbocycles. The Balaban J connectivity index is 2.55. The first-order valence-corrected chi connectivity index (χ1v) is 6.46. The van der Waals surface area contributed by atoms with Gasteiger partial charge in [-0.05, 0) is 31.9 Å². The molecule has 0 bridgehead atoms. The predicted octanol–water partition coefficient (Wildman–Crippen LogP) is 5.26. The molecule has 1 nitrogen and oxygen atoms in total. The lowest BCUT2D eigenvalue weighted by molar-refractivity contribution is -0.135. The van der Waals surface area contributed by atoms with Crippen molar-refractivity contribution in [2.75, 3.05) is 5.32 Å². The molecule has 0 aromatic heterocycles. The van der Waals surface area contributed by atoms with E-state index in [1.807, 2.05) is 0 Å². The first kappa shape index (κ1) is 16.2. The molecule has 19 heavy (non-hydrogen) atoms. The summed E-state index contributed by atoms with van der Waals surface area (Å²) in [5.41, 5.74) is -0.317. The van der Waals surface area contributed by atoms with Crippen LogP contribution in [-0.2, 0) is 0 Å². The van der Waals surface area contributed by atoms with Gasteiger partial charge >= 0.3 is 6.18 Å². The van der Waals surface area contributed by atoms with Crippen molar-refractivity contribution in [3.05, 3.63) is 28.2 Å². The van der Waals surface area contributed by atoms with E-state index in [1.165, 1.54) is 0 Å². The van der Waals surface area contributed by atoms with E-state index < -0.39 is 30.3 Å². The van der Waals surface area contributed by atoms with Gasteiger partial charge in [0.25, 0.3) is 0 Å². The minimum absolute atomic E-state index is 0.0859. The lowest BCUT2D eigenvalue weighted by atomic mass is 10.1. The molecule has 7 heteroatoms. The fraction of sp³-hybridized carbons (Fsp3) is 0.500. The van der Waals surface area contributed by atoms with E-state index in [9.17, 15) is 22.0 Å². The second-order valence-electron chi connectivity index (χ2n) is 4.30. The Morgan fingerprint density at radius 3 is 2.21 bits per heavy atom. The van der Waals surface area contributed by atoms with Gasteiger partial charge in [-0.15, -0.1) is 0 Å². The topological polar surface area (TPSA) is 12.0 Å². The van der Waals surface area contributed by atoms with Crippen LogP contribution in [0.1, 0.15) is 26.2 Å². The highest BCUT2D eigenvalue weighted by atomic mass is 79.9. The van der Waals surface area contributed by atoms with Crippen LogP contribution >= 0.6 is 15.9 Å². The highest BCUT2D eigenvalue weighted by Crippen LogP contribution is 2.26. The van der Waals surface area contributed by atoms with Crippen molar-refractivity contribution in [1.82, 2.24) is 0 Å². The molecule has 1 N–H and O–H groups in total. The zero-order valence-corrected chi connectivity index (χ0v) is 11.7. The smallest absolute Gasteiger partial charge is 0.378 e. The molecule has 108 valence electrons. The van der Waals surface area contributed by atoms with Crippen LogP contribution in [0.4, 0.5) is 27.6 Å². The predicted molar refractivity (Wildman–Crippen MR) is 67.0 cm³/mol. The summed E-state index contributed by atoms with van der Waals surface area (Å²) in [5, 5.41) is 2.55. The lowest BCUT2D eigenvalue weighted by Crippen LogP contribution is -2.18. The number of benzene rings is 1. The summed E-state index contributed by atoms with van der Waals surface area (Å²) in [6.45, 7) is 1.58. The summed E-state index contributed by atoms with van der Waals surface area (Å²) in [4.78, 5) is 0. The Morgan fingerprint density at radius 1 is 1.21 bits per heavy atom. The molecule has 0 radical (unpaired) electrons.